The van der Waals surface area contributed by atoms with Crippen molar-refractivity contribution < 1.29 is 8.78 Å². The van der Waals surface area contributed by atoms with Gasteiger partial charge in [-0.3, -0.25) is 0 Å². The van der Waals surface area contributed by atoms with Crippen LogP contribution in [-0.4, -0.2) is 34.1 Å². The molecule has 0 radical (unpaired) electrons. The van der Waals surface area contributed by atoms with Crippen molar-refractivity contribution in [1.82, 2.24) is 14.5 Å². The predicted octanol–water partition coefficient (Wildman–Crippen LogP) is 2.80. The third kappa shape index (κ3) is 2.60. The first-order valence-corrected chi connectivity index (χ1v) is 6.82. The lowest BCUT2D eigenvalue weighted by Crippen LogP contribution is -2.30. The van der Waals surface area contributed by atoms with Gasteiger partial charge in [-0.05, 0) is 20.0 Å². The van der Waals surface area contributed by atoms with E-state index in [0.29, 0.717) is 5.52 Å². The molecule has 0 spiro atoms. The lowest BCUT2D eigenvalue weighted by Gasteiger charge is -2.24. The third-order valence-corrected chi connectivity index (χ3v) is 3.60. The molecule has 0 aliphatic rings. The molecule has 1 aromatic heterocycles. The smallest absolute Gasteiger partial charge is 0.201 e. The van der Waals surface area contributed by atoms with Gasteiger partial charge in [-0.1, -0.05) is 13.8 Å². The van der Waals surface area contributed by atoms with Gasteiger partial charge in [0, 0.05) is 24.7 Å². The molecule has 0 amide bonds. The van der Waals surface area contributed by atoms with Gasteiger partial charge < -0.3 is 15.2 Å². The first kappa shape index (κ1) is 14.7. The lowest BCUT2D eigenvalue weighted by molar-refractivity contribution is 0.264. The third-order valence-electron chi connectivity index (χ3n) is 3.60. The molecular weight excluding hydrogens is 262 g/mol. The van der Waals surface area contributed by atoms with Crippen LogP contribution in [0.2, 0.25) is 0 Å². The summed E-state index contributed by atoms with van der Waals surface area (Å²) in [7, 11) is 0. The standard InChI is InChI=1S/C14H20F2N4/c1-4-19(5-2)8-9(3)20-12-7-10(15)6-11(16)13(12)18-14(20)17/h6-7,9H,4-5,8H2,1-3H3,(H2,17,18). The maximum absolute atomic E-state index is 13.7. The molecule has 0 aliphatic heterocycles. The number of anilines is 1. The maximum atomic E-state index is 13.7. The van der Waals surface area contributed by atoms with Gasteiger partial charge >= 0.3 is 0 Å². The van der Waals surface area contributed by atoms with Crippen LogP contribution >= 0.6 is 0 Å². The summed E-state index contributed by atoms with van der Waals surface area (Å²) in [5.41, 5.74) is 6.40. The van der Waals surface area contributed by atoms with Gasteiger partial charge in [0.05, 0.1) is 5.52 Å². The van der Waals surface area contributed by atoms with Gasteiger partial charge in [0.1, 0.15) is 11.3 Å². The molecule has 1 aromatic carbocycles. The summed E-state index contributed by atoms with van der Waals surface area (Å²) in [6, 6.07) is 2.09. The Morgan fingerprint density at radius 3 is 2.55 bits per heavy atom. The lowest BCUT2D eigenvalue weighted by atomic mass is 10.2. The van der Waals surface area contributed by atoms with Crippen molar-refractivity contribution >= 4 is 17.0 Å². The Kier molecular flexibility index (Phi) is 4.23. The molecule has 20 heavy (non-hydrogen) atoms. The fourth-order valence-electron chi connectivity index (χ4n) is 2.54. The molecule has 110 valence electrons. The summed E-state index contributed by atoms with van der Waals surface area (Å²) in [4.78, 5) is 6.24. The number of nitrogen functional groups attached to an aromatic ring is 1. The van der Waals surface area contributed by atoms with Crippen LogP contribution in [0.25, 0.3) is 11.0 Å². The molecule has 4 nitrogen and oxygen atoms in total. The monoisotopic (exact) mass is 282 g/mol. The van der Waals surface area contributed by atoms with Crippen molar-refractivity contribution in [2.45, 2.75) is 26.8 Å². The molecule has 2 aromatic rings. The molecule has 1 atom stereocenters. The van der Waals surface area contributed by atoms with Crippen molar-refractivity contribution in [3.05, 3.63) is 23.8 Å². The Hall–Kier alpha value is -1.69. The predicted molar refractivity (Wildman–Crippen MR) is 76.6 cm³/mol. The van der Waals surface area contributed by atoms with Crippen LogP contribution in [-0.2, 0) is 0 Å². The Morgan fingerprint density at radius 2 is 1.95 bits per heavy atom. The van der Waals surface area contributed by atoms with E-state index in [9.17, 15) is 8.78 Å². The number of rotatable bonds is 5. The second-order valence-corrected chi connectivity index (χ2v) is 4.93. The number of hydrogen-bond donors (Lipinski definition) is 1. The van der Waals surface area contributed by atoms with Crippen LogP contribution in [0.5, 0.6) is 0 Å². The van der Waals surface area contributed by atoms with Crippen molar-refractivity contribution in [2.24, 2.45) is 0 Å². The van der Waals surface area contributed by atoms with Crippen LogP contribution in [0.15, 0.2) is 12.1 Å². The van der Waals surface area contributed by atoms with Gasteiger partial charge in [-0.2, -0.15) is 0 Å². The highest BCUT2D eigenvalue weighted by molar-refractivity contribution is 5.79. The number of nitrogens with zero attached hydrogens (tertiary/aromatic N) is 3. The second-order valence-electron chi connectivity index (χ2n) is 4.93. The fourth-order valence-corrected chi connectivity index (χ4v) is 2.54. The van der Waals surface area contributed by atoms with E-state index in [2.05, 4.69) is 23.7 Å². The van der Waals surface area contributed by atoms with Gasteiger partial charge in [0.2, 0.25) is 5.95 Å². The number of aromatic nitrogens is 2. The average Bonchev–Trinajstić information content (AvgIpc) is 2.72. The largest absolute Gasteiger partial charge is 0.369 e. The van der Waals surface area contributed by atoms with Gasteiger partial charge in [0.25, 0.3) is 0 Å². The normalized spacial score (nSPS) is 13.3. The van der Waals surface area contributed by atoms with Crippen molar-refractivity contribution in [3.8, 4) is 0 Å². The zero-order chi connectivity index (χ0) is 14.9. The zero-order valence-electron chi connectivity index (χ0n) is 12.0. The summed E-state index contributed by atoms with van der Waals surface area (Å²) >= 11 is 0. The Bertz CT molecular complexity index is 605. The van der Waals surface area contributed by atoms with E-state index in [4.69, 9.17) is 5.73 Å². The number of halogens is 2. The molecule has 6 heteroatoms. The highest BCUT2D eigenvalue weighted by atomic mass is 19.1. The van der Waals surface area contributed by atoms with Crippen LogP contribution in [0.4, 0.5) is 14.7 Å². The average molecular weight is 282 g/mol. The molecule has 1 unspecified atom stereocenters. The molecule has 0 saturated carbocycles. The number of fused-ring (bicyclic) bond motifs is 1. The molecule has 0 saturated heterocycles. The number of nitrogens with two attached hydrogens (primary N) is 1. The highest BCUT2D eigenvalue weighted by Gasteiger charge is 2.19. The topological polar surface area (TPSA) is 47.1 Å². The number of imidazole rings is 1. The van der Waals surface area contributed by atoms with Crippen molar-refractivity contribution in [1.29, 1.82) is 0 Å². The highest BCUT2D eigenvalue weighted by Crippen LogP contribution is 2.26. The molecule has 2 N–H and O–H groups in total. The van der Waals surface area contributed by atoms with E-state index in [1.54, 1.807) is 4.57 Å². The first-order valence-electron chi connectivity index (χ1n) is 6.82. The zero-order valence-corrected chi connectivity index (χ0v) is 12.0. The van der Waals surface area contributed by atoms with E-state index >= 15 is 0 Å². The quantitative estimate of drug-likeness (QED) is 0.917. The van der Waals surface area contributed by atoms with Gasteiger partial charge in [-0.25, -0.2) is 13.8 Å². The molecule has 0 bridgehead atoms. The van der Waals surface area contributed by atoms with Gasteiger partial charge in [-0.15, -0.1) is 0 Å². The van der Waals surface area contributed by atoms with Crippen LogP contribution in [0, 0.1) is 11.6 Å². The van der Waals surface area contributed by atoms with E-state index in [1.165, 1.54) is 6.07 Å². The van der Waals surface area contributed by atoms with E-state index in [1.807, 2.05) is 6.92 Å². The van der Waals surface area contributed by atoms with E-state index < -0.39 is 11.6 Å². The van der Waals surface area contributed by atoms with Crippen LogP contribution in [0.1, 0.15) is 26.8 Å². The summed E-state index contributed by atoms with van der Waals surface area (Å²) in [5.74, 6) is -1.09. The van der Waals surface area contributed by atoms with Gasteiger partial charge in [0.15, 0.2) is 5.82 Å². The van der Waals surface area contributed by atoms with E-state index in [0.717, 1.165) is 25.7 Å². The number of hydrogen-bond acceptors (Lipinski definition) is 3. The number of likely N-dealkylation sites (N-methyl/N-ethyl adjacent to an activating group) is 1. The fraction of sp³-hybridized carbons (Fsp3) is 0.500. The van der Waals surface area contributed by atoms with Crippen molar-refractivity contribution in [2.75, 3.05) is 25.4 Å². The van der Waals surface area contributed by atoms with Crippen LogP contribution in [0.3, 0.4) is 0 Å². The Morgan fingerprint density at radius 1 is 1.30 bits per heavy atom. The minimum absolute atomic E-state index is 0.0129. The van der Waals surface area contributed by atoms with Crippen LogP contribution < -0.4 is 5.73 Å². The summed E-state index contributed by atoms with van der Waals surface area (Å²) in [5, 5.41) is 0. The maximum Gasteiger partial charge on any atom is 0.201 e. The Balaban J connectivity index is 2.45. The molecule has 0 aliphatic carbocycles. The SMILES string of the molecule is CCN(CC)CC(C)n1c(N)nc2c(F)cc(F)cc21. The summed E-state index contributed by atoms with van der Waals surface area (Å²) < 4.78 is 28.8. The van der Waals surface area contributed by atoms with E-state index in [-0.39, 0.29) is 17.5 Å². The van der Waals surface area contributed by atoms with Crippen molar-refractivity contribution in [3.63, 3.8) is 0 Å². The second kappa shape index (κ2) is 5.75. The number of benzene rings is 1. The molecule has 2 rings (SSSR count). The molecule has 0 fully saturated rings. The first-order chi connectivity index (χ1) is 9.47. The minimum Gasteiger partial charge on any atom is -0.369 e. The summed E-state index contributed by atoms with van der Waals surface area (Å²) in [6.45, 7) is 8.70. The molecular formula is C14H20F2N4. The minimum atomic E-state index is -0.680. The Labute approximate surface area is 117 Å². The summed E-state index contributed by atoms with van der Waals surface area (Å²) in [6.07, 6.45) is 0. The molecule has 1 heterocycles.